The number of methoxy groups -OCH3 is 3. The number of carbonyl (C=O) groups excluding carboxylic acids is 1. The molecule has 0 bridgehead atoms. The summed E-state index contributed by atoms with van der Waals surface area (Å²) in [6.45, 7) is 0. The molecular weight excluding hydrogens is 398 g/mol. The molecule has 2 aromatic carbocycles. The molecule has 1 saturated carbocycles. The number of alkyl halides is 2. The summed E-state index contributed by atoms with van der Waals surface area (Å²) in [5.74, 6) is -1.96. The summed E-state index contributed by atoms with van der Waals surface area (Å²) >= 11 is 12.7. The lowest BCUT2D eigenvalue weighted by Crippen LogP contribution is -2.08. The van der Waals surface area contributed by atoms with Crippen LogP contribution in [0.4, 0.5) is 4.39 Å². The third kappa shape index (κ3) is 3.28. The average Bonchev–Trinajstić information content (AvgIpc) is 3.23. The zero-order valence-electron chi connectivity index (χ0n) is 14.8. The molecule has 0 aromatic heterocycles. The van der Waals surface area contributed by atoms with Crippen molar-refractivity contribution in [1.82, 2.24) is 0 Å². The first kappa shape index (κ1) is 19.6. The van der Waals surface area contributed by atoms with E-state index >= 15 is 0 Å². The number of hydrogen-bond acceptors (Lipinski definition) is 5. The molecule has 0 aliphatic heterocycles. The predicted octanol–water partition coefficient (Wildman–Crippen LogP) is 4.33. The number of rotatable bonds is 6. The lowest BCUT2D eigenvalue weighted by atomic mass is 10.0. The second-order valence-corrected chi connectivity index (χ2v) is 7.56. The van der Waals surface area contributed by atoms with Crippen molar-refractivity contribution in [3.8, 4) is 23.0 Å². The van der Waals surface area contributed by atoms with E-state index < -0.39 is 27.7 Å². The van der Waals surface area contributed by atoms with Crippen molar-refractivity contribution in [1.29, 1.82) is 0 Å². The minimum absolute atomic E-state index is 0.286. The Hall–Kier alpha value is -2.18. The van der Waals surface area contributed by atoms with E-state index in [9.17, 15) is 14.3 Å². The van der Waals surface area contributed by atoms with E-state index in [1.807, 2.05) is 0 Å². The number of hydrogen-bond donors (Lipinski definition) is 1. The SMILES string of the molecule is COc1cc(C(=O)C2C(c3ccc(F)c(O)c3)C2(Cl)Cl)cc(OC)c1OC. The second kappa shape index (κ2) is 7.09. The van der Waals surface area contributed by atoms with Crippen LogP contribution in [0.25, 0.3) is 0 Å². The van der Waals surface area contributed by atoms with Crippen molar-refractivity contribution in [3.05, 3.63) is 47.3 Å². The fraction of sp³-hybridized carbons (Fsp3) is 0.316. The van der Waals surface area contributed by atoms with E-state index in [0.29, 0.717) is 22.8 Å². The Morgan fingerprint density at radius 1 is 1.07 bits per heavy atom. The molecule has 2 aromatic rings. The zero-order chi connectivity index (χ0) is 19.9. The lowest BCUT2D eigenvalue weighted by molar-refractivity contribution is 0.0963. The number of ketones is 1. The Bertz CT molecular complexity index is 875. The van der Waals surface area contributed by atoms with Crippen molar-refractivity contribution in [2.24, 2.45) is 5.92 Å². The van der Waals surface area contributed by atoms with Crippen LogP contribution in [0.15, 0.2) is 30.3 Å². The molecule has 0 heterocycles. The van der Waals surface area contributed by atoms with Crippen LogP contribution >= 0.6 is 23.2 Å². The number of carbonyl (C=O) groups is 1. The Labute approximate surface area is 165 Å². The number of Topliss-reactive ketones (excluding diaryl/α,β-unsaturated/α-hetero) is 1. The number of aromatic hydroxyl groups is 1. The van der Waals surface area contributed by atoms with Crippen LogP contribution < -0.4 is 14.2 Å². The first-order chi connectivity index (χ1) is 12.8. The molecule has 3 rings (SSSR count). The standard InChI is InChI=1S/C19H17Cl2FO5/c1-25-13-7-10(8-14(26-2)18(13)27-3)17(24)16-15(19(16,20)21)9-4-5-11(22)12(23)6-9/h4-8,15-16,23H,1-3H3. The van der Waals surface area contributed by atoms with Crippen LogP contribution in [0.5, 0.6) is 23.0 Å². The van der Waals surface area contributed by atoms with Crippen LogP contribution in [-0.2, 0) is 0 Å². The average molecular weight is 415 g/mol. The maximum Gasteiger partial charge on any atom is 0.203 e. The summed E-state index contributed by atoms with van der Waals surface area (Å²) in [4.78, 5) is 13.0. The third-order valence-electron chi connectivity index (χ3n) is 4.61. The predicted molar refractivity (Wildman–Crippen MR) is 99.2 cm³/mol. The summed E-state index contributed by atoms with van der Waals surface area (Å²) in [6, 6.07) is 6.81. The maximum atomic E-state index is 13.3. The monoisotopic (exact) mass is 414 g/mol. The summed E-state index contributed by atoms with van der Waals surface area (Å²) in [5, 5.41) is 9.59. The van der Waals surface area contributed by atoms with Crippen LogP contribution in [0.2, 0.25) is 0 Å². The van der Waals surface area contributed by atoms with E-state index in [2.05, 4.69) is 0 Å². The Morgan fingerprint density at radius 3 is 2.15 bits per heavy atom. The van der Waals surface area contributed by atoms with Crippen molar-refractivity contribution in [2.45, 2.75) is 10.3 Å². The molecule has 0 radical (unpaired) electrons. The minimum atomic E-state index is -1.37. The fourth-order valence-electron chi connectivity index (χ4n) is 3.19. The highest BCUT2D eigenvalue weighted by Gasteiger charge is 2.67. The highest BCUT2D eigenvalue weighted by molar-refractivity contribution is 6.53. The van der Waals surface area contributed by atoms with Crippen LogP contribution in [0.1, 0.15) is 21.8 Å². The van der Waals surface area contributed by atoms with Gasteiger partial charge in [0.15, 0.2) is 28.8 Å². The molecule has 8 heteroatoms. The van der Waals surface area contributed by atoms with Gasteiger partial charge in [0.05, 0.1) is 27.2 Å². The number of ether oxygens (including phenoxy) is 3. The first-order valence-corrected chi connectivity index (χ1v) is 8.72. The van der Waals surface area contributed by atoms with Gasteiger partial charge >= 0.3 is 0 Å². The quantitative estimate of drug-likeness (QED) is 0.562. The summed E-state index contributed by atoms with van der Waals surface area (Å²) < 4.78 is 27.7. The van der Waals surface area contributed by atoms with Gasteiger partial charge in [-0.05, 0) is 29.8 Å². The highest BCUT2D eigenvalue weighted by atomic mass is 35.5. The Morgan fingerprint density at radius 2 is 1.67 bits per heavy atom. The van der Waals surface area contributed by atoms with Crippen molar-refractivity contribution < 1.29 is 28.5 Å². The highest BCUT2D eigenvalue weighted by Crippen LogP contribution is 2.66. The minimum Gasteiger partial charge on any atom is -0.505 e. The molecule has 2 unspecified atom stereocenters. The summed E-state index contributed by atoms with van der Waals surface area (Å²) in [6.07, 6.45) is 0. The van der Waals surface area contributed by atoms with Gasteiger partial charge in [0.1, 0.15) is 4.33 Å². The van der Waals surface area contributed by atoms with Crippen molar-refractivity contribution in [3.63, 3.8) is 0 Å². The Balaban J connectivity index is 1.97. The van der Waals surface area contributed by atoms with Gasteiger partial charge in [-0.2, -0.15) is 0 Å². The van der Waals surface area contributed by atoms with Gasteiger partial charge < -0.3 is 19.3 Å². The molecule has 0 spiro atoms. The molecular formula is C19H17Cl2FO5. The van der Waals surface area contributed by atoms with Gasteiger partial charge in [-0.25, -0.2) is 4.39 Å². The molecule has 1 aliphatic rings. The normalized spacial score (nSPS) is 20.1. The molecule has 2 atom stereocenters. The van der Waals surface area contributed by atoms with Gasteiger partial charge in [-0.3, -0.25) is 4.79 Å². The molecule has 0 amide bonds. The van der Waals surface area contributed by atoms with E-state index in [0.717, 1.165) is 6.07 Å². The number of benzene rings is 2. The number of phenols is 1. The second-order valence-electron chi connectivity index (χ2n) is 6.12. The maximum absolute atomic E-state index is 13.3. The zero-order valence-corrected chi connectivity index (χ0v) is 16.3. The van der Waals surface area contributed by atoms with Crippen molar-refractivity contribution >= 4 is 29.0 Å². The molecule has 5 nitrogen and oxygen atoms in total. The van der Waals surface area contributed by atoms with E-state index in [1.54, 1.807) is 0 Å². The lowest BCUT2D eigenvalue weighted by Gasteiger charge is -2.13. The van der Waals surface area contributed by atoms with E-state index in [4.69, 9.17) is 37.4 Å². The third-order valence-corrected chi connectivity index (χ3v) is 5.55. The molecule has 0 saturated heterocycles. The first-order valence-electron chi connectivity index (χ1n) is 7.96. The van der Waals surface area contributed by atoms with Crippen LogP contribution in [0.3, 0.4) is 0 Å². The number of phenolic OH excluding ortho intramolecular Hbond substituents is 1. The van der Waals surface area contributed by atoms with Crippen LogP contribution in [-0.4, -0.2) is 36.6 Å². The molecule has 27 heavy (non-hydrogen) atoms. The van der Waals surface area contributed by atoms with Crippen molar-refractivity contribution in [2.75, 3.05) is 21.3 Å². The molecule has 1 fully saturated rings. The van der Waals surface area contributed by atoms with E-state index in [1.165, 1.54) is 45.6 Å². The largest absolute Gasteiger partial charge is 0.505 e. The van der Waals surface area contributed by atoms with Crippen LogP contribution in [0, 0.1) is 11.7 Å². The van der Waals surface area contributed by atoms with Gasteiger partial charge in [0, 0.05) is 11.5 Å². The van der Waals surface area contributed by atoms with E-state index in [-0.39, 0.29) is 11.3 Å². The topological polar surface area (TPSA) is 65.0 Å². The van der Waals surface area contributed by atoms with Gasteiger partial charge in [-0.15, -0.1) is 23.2 Å². The number of halogens is 3. The summed E-state index contributed by atoms with van der Waals surface area (Å²) in [7, 11) is 4.35. The van der Waals surface area contributed by atoms with Gasteiger partial charge in [-0.1, -0.05) is 6.07 Å². The summed E-state index contributed by atoms with van der Waals surface area (Å²) in [5.41, 5.74) is 0.763. The van der Waals surface area contributed by atoms with Gasteiger partial charge in [0.25, 0.3) is 0 Å². The Kier molecular flexibility index (Phi) is 5.14. The molecule has 144 valence electrons. The smallest absolute Gasteiger partial charge is 0.203 e. The fourth-order valence-corrected chi connectivity index (χ4v) is 4.02. The molecule has 1 aliphatic carbocycles. The molecule has 1 N–H and O–H groups in total. The van der Waals surface area contributed by atoms with Gasteiger partial charge in [0.2, 0.25) is 5.75 Å².